The second-order valence-electron chi connectivity index (χ2n) is 4.28. The largest absolute Gasteiger partial charge is 0.481 e. The molecule has 5 nitrogen and oxygen atoms in total. The molecule has 0 aliphatic carbocycles. The monoisotopic (exact) mass is 337 g/mol. The van der Waals surface area contributed by atoms with Crippen molar-refractivity contribution in [2.24, 2.45) is 0 Å². The summed E-state index contributed by atoms with van der Waals surface area (Å²) in [7, 11) is 1.55. The average molecular weight is 338 g/mol. The summed E-state index contributed by atoms with van der Waals surface area (Å²) in [5.74, 6) is 0.358. The number of carbonyl (C=O) groups excluding carboxylic acids is 1. The van der Waals surface area contributed by atoms with Gasteiger partial charge in [0.25, 0.3) is 5.91 Å². The maximum atomic E-state index is 12.3. The number of carbonyl (C=O) groups is 1. The number of anilines is 1. The van der Waals surface area contributed by atoms with Crippen LogP contribution in [0.25, 0.3) is 0 Å². The molecule has 0 saturated heterocycles. The molecular formula is C14H16BrN3O2. The van der Waals surface area contributed by atoms with Crippen molar-refractivity contribution in [1.82, 2.24) is 9.55 Å². The van der Waals surface area contributed by atoms with Gasteiger partial charge in [0, 0.05) is 23.3 Å². The summed E-state index contributed by atoms with van der Waals surface area (Å²) in [6.07, 6.45) is 4.44. The molecule has 6 heteroatoms. The molecular weight excluding hydrogens is 322 g/mol. The SMILES string of the molecule is CCCn1cc(Br)cc1C(=O)Nc1ccc(OC)nc1. The number of pyridine rings is 1. The molecule has 1 amide bonds. The lowest BCUT2D eigenvalue weighted by Crippen LogP contribution is -2.16. The molecule has 0 aliphatic heterocycles. The lowest BCUT2D eigenvalue weighted by molar-refractivity contribution is 0.101. The van der Waals surface area contributed by atoms with Crippen LogP contribution in [0.4, 0.5) is 5.69 Å². The van der Waals surface area contributed by atoms with Crippen molar-refractivity contribution in [3.8, 4) is 5.88 Å². The first-order valence-corrected chi connectivity index (χ1v) is 7.10. The van der Waals surface area contributed by atoms with Crippen LogP contribution in [0.15, 0.2) is 35.1 Å². The third-order valence-electron chi connectivity index (χ3n) is 2.76. The summed E-state index contributed by atoms with van der Waals surface area (Å²) >= 11 is 3.40. The Morgan fingerprint density at radius 3 is 2.90 bits per heavy atom. The summed E-state index contributed by atoms with van der Waals surface area (Å²) in [5, 5.41) is 2.82. The van der Waals surface area contributed by atoms with Crippen LogP contribution in [0.2, 0.25) is 0 Å². The topological polar surface area (TPSA) is 56.2 Å². The molecule has 2 aromatic rings. The molecule has 0 radical (unpaired) electrons. The number of amides is 1. The molecule has 1 N–H and O–H groups in total. The van der Waals surface area contributed by atoms with Crippen LogP contribution in [0.5, 0.6) is 5.88 Å². The summed E-state index contributed by atoms with van der Waals surface area (Å²) < 4.78 is 7.80. The normalized spacial score (nSPS) is 10.3. The van der Waals surface area contributed by atoms with Gasteiger partial charge in [0.1, 0.15) is 5.69 Å². The summed E-state index contributed by atoms with van der Waals surface area (Å²) in [5.41, 5.74) is 1.26. The minimum absolute atomic E-state index is 0.156. The fraction of sp³-hybridized carbons (Fsp3) is 0.286. The van der Waals surface area contributed by atoms with Crippen molar-refractivity contribution < 1.29 is 9.53 Å². The van der Waals surface area contributed by atoms with Crippen LogP contribution < -0.4 is 10.1 Å². The molecule has 0 unspecified atom stereocenters. The third kappa shape index (κ3) is 3.39. The molecule has 20 heavy (non-hydrogen) atoms. The molecule has 0 aromatic carbocycles. The number of hydrogen-bond donors (Lipinski definition) is 1. The number of rotatable bonds is 5. The molecule has 2 aromatic heterocycles. The summed E-state index contributed by atoms with van der Waals surface area (Å²) in [6, 6.07) is 5.27. The van der Waals surface area contributed by atoms with Crippen LogP contribution >= 0.6 is 15.9 Å². The number of methoxy groups -OCH3 is 1. The van der Waals surface area contributed by atoms with Crippen molar-refractivity contribution in [2.75, 3.05) is 12.4 Å². The lowest BCUT2D eigenvalue weighted by atomic mass is 10.3. The fourth-order valence-corrected chi connectivity index (χ4v) is 2.33. The number of aryl methyl sites for hydroxylation is 1. The second-order valence-corrected chi connectivity index (χ2v) is 5.20. The Morgan fingerprint density at radius 2 is 2.30 bits per heavy atom. The van der Waals surface area contributed by atoms with Gasteiger partial charge in [-0.2, -0.15) is 0 Å². The highest BCUT2D eigenvalue weighted by molar-refractivity contribution is 9.10. The van der Waals surface area contributed by atoms with E-state index in [1.807, 2.05) is 16.8 Å². The standard InChI is InChI=1S/C14H16BrN3O2/c1-3-6-18-9-10(15)7-12(18)14(19)17-11-4-5-13(20-2)16-8-11/h4-5,7-9H,3,6H2,1-2H3,(H,17,19). The van der Waals surface area contributed by atoms with E-state index in [2.05, 4.69) is 33.2 Å². The molecule has 0 aliphatic rings. The molecule has 0 saturated carbocycles. The molecule has 0 atom stereocenters. The third-order valence-corrected chi connectivity index (χ3v) is 3.20. The number of nitrogens with one attached hydrogen (secondary N) is 1. The van der Waals surface area contributed by atoms with Crippen molar-refractivity contribution in [2.45, 2.75) is 19.9 Å². The first-order valence-electron chi connectivity index (χ1n) is 6.31. The molecule has 2 rings (SSSR count). The van der Waals surface area contributed by atoms with Crippen molar-refractivity contribution in [3.63, 3.8) is 0 Å². The zero-order valence-electron chi connectivity index (χ0n) is 11.4. The number of halogens is 1. The number of ether oxygens (including phenoxy) is 1. The molecule has 0 spiro atoms. The van der Waals surface area contributed by atoms with E-state index < -0.39 is 0 Å². The molecule has 106 valence electrons. The van der Waals surface area contributed by atoms with Crippen LogP contribution in [-0.4, -0.2) is 22.6 Å². The maximum Gasteiger partial charge on any atom is 0.272 e. The first-order chi connectivity index (χ1) is 9.63. The van der Waals surface area contributed by atoms with E-state index in [1.165, 1.54) is 0 Å². The van der Waals surface area contributed by atoms with Crippen molar-refractivity contribution in [1.29, 1.82) is 0 Å². The average Bonchev–Trinajstić information content (AvgIpc) is 2.81. The number of hydrogen-bond acceptors (Lipinski definition) is 3. The Kier molecular flexibility index (Phi) is 4.79. The molecule has 2 heterocycles. The molecule has 0 fully saturated rings. The Balaban J connectivity index is 2.14. The van der Waals surface area contributed by atoms with Gasteiger partial charge in [-0.1, -0.05) is 6.92 Å². The van der Waals surface area contributed by atoms with Gasteiger partial charge < -0.3 is 14.6 Å². The predicted molar refractivity (Wildman–Crippen MR) is 81.2 cm³/mol. The van der Waals surface area contributed by atoms with Gasteiger partial charge in [-0.05, 0) is 34.5 Å². The van der Waals surface area contributed by atoms with Gasteiger partial charge in [-0.3, -0.25) is 4.79 Å². The van der Waals surface area contributed by atoms with Crippen molar-refractivity contribution >= 4 is 27.5 Å². The zero-order valence-corrected chi connectivity index (χ0v) is 13.0. The van der Waals surface area contributed by atoms with Crippen LogP contribution in [0.3, 0.4) is 0 Å². The van der Waals surface area contributed by atoms with Gasteiger partial charge in [0.15, 0.2) is 0 Å². The highest BCUT2D eigenvalue weighted by Crippen LogP contribution is 2.18. The highest BCUT2D eigenvalue weighted by atomic mass is 79.9. The molecule has 0 bridgehead atoms. The summed E-state index contributed by atoms with van der Waals surface area (Å²) in [6.45, 7) is 2.87. The number of aromatic nitrogens is 2. The van der Waals surface area contributed by atoms with Crippen molar-refractivity contribution in [3.05, 3.63) is 40.8 Å². The van der Waals surface area contributed by atoms with Crippen LogP contribution in [0.1, 0.15) is 23.8 Å². The van der Waals surface area contributed by atoms with E-state index in [9.17, 15) is 4.79 Å². The van der Waals surface area contributed by atoms with Gasteiger partial charge in [0.05, 0.1) is 19.0 Å². The van der Waals surface area contributed by atoms with E-state index in [0.29, 0.717) is 17.3 Å². The Hall–Kier alpha value is -1.82. The highest BCUT2D eigenvalue weighted by Gasteiger charge is 2.13. The maximum absolute atomic E-state index is 12.3. The van der Waals surface area contributed by atoms with Gasteiger partial charge in [0.2, 0.25) is 5.88 Å². The summed E-state index contributed by atoms with van der Waals surface area (Å²) in [4.78, 5) is 16.3. The lowest BCUT2D eigenvalue weighted by Gasteiger charge is -2.08. The smallest absolute Gasteiger partial charge is 0.272 e. The Labute approximate surface area is 126 Å². The van der Waals surface area contributed by atoms with E-state index in [0.717, 1.165) is 17.4 Å². The van der Waals surface area contributed by atoms with Crippen LogP contribution in [-0.2, 0) is 6.54 Å². The van der Waals surface area contributed by atoms with Gasteiger partial charge in [-0.15, -0.1) is 0 Å². The van der Waals surface area contributed by atoms with Gasteiger partial charge in [-0.25, -0.2) is 4.98 Å². The fourth-order valence-electron chi connectivity index (χ4n) is 1.86. The minimum Gasteiger partial charge on any atom is -0.481 e. The zero-order chi connectivity index (χ0) is 14.5. The second kappa shape index (κ2) is 6.56. The minimum atomic E-state index is -0.156. The Bertz CT molecular complexity index is 593. The van der Waals surface area contributed by atoms with E-state index >= 15 is 0 Å². The number of nitrogens with zero attached hydrogens (tertiary/aromatic N) is 2. The Morgan fingerprint density at radius 1 is 1.50 bits per heavy atom. The van der Waals surface area contributed by atoms with E-state index in [4.69, 9.17) is 4.74 Å². The predicted octanol–water partition coefficient (Wildman–Crippen LogP) is 3.32. The van der Waals surface area contributed by atoms with E-state index in [1.54, 1.807) is 25.4 Å². The first kappa shape index (κ1) is 14.6. The van der Waals surface area contributed by atoms with E-state index in [-0.39, 0.29) is 5.91 Å². The van der Waals surface area contributed by atoms with Crippen LogP contribution in [0, 0.1) is 0 Å². The van der Waals surface area contributed by atoms with Gasteiger partial charge >= 0.3 is 0 Å². The quantitative estimate of drug-likeness (QED) is 0.910.